The second-order valence-electron chi connectivity index (χ2n) is 4.99. The highest BCUT2D eigenvalue weighted by atomic mass is 16.5. The number of carbonyl (C=O) groups excluding carboxylic acids is 1. The number of nitrogens with one attached hydrogen (secondary N) is 1. The first-order valence-electron chi connectivity index (χ1n) is 6.44. The third-order valence-electron chi connectivity index (χ3n) is 2.95. The van der Waals surface area contributed by atoms with Crippen molar-refractivity contribution in [3.63, 3.8) is 0 Å². The zero-order valence-electron chi connectivity index (χ0n) is 12.1. The number of aromatic nitrogens is 1. The largest absolute Gasteiger partial charge is 0.481 e. The van der Waals surface area contributed by atoms with Crippen LogP contribution in [0.4, 0.5) is 0 Å². The average molecular weight is 280 g/mol. The SMILES string of the molecule is Cc1ccc(OCC(=O)NC(C)C(C)C)c(C(=O)O)n1. The first kappa shape index (κ1) is 15.9. The lowest BCUT2D eigenvalue weighted by Gasteiger charge is -2.17. The fourth-order valence-corrected chi connectivity index (χ4v) is 1.42. The second kappa shape index (κ2) is 6.88. The lowest BCUT2D eigenvalue weighted by Crippen LogP contribution is -2.39. The highest BCUT2D eigenvalue weighted by molar-refractivity contribution is 5.88. The molecular formula is C14H20N2O4. The number of hydrogen-bond acceptors (Lipinski definition) is 4. The number of nitrogens with zero attached hydrogens (tertiary/aromatic N) is 1. The summed E-state index contributed by atoms with van der Waals surface area (Å²) in [6.45, 7) is 7.35. The predicted octanol–water partition coefficient (Wildman–Crippen LogP) is 1.63. The van der Waals surface area contributed by atoms with Gasteiger partial charge in [0.2, 0.25) is 0 Å². The van der Waals surface area contributed by atoms with Gasteiger partial charge < -0.3 is 15.2 Å². The molecule has 110 valence electrons. The van der Waals surface area contributed by atoms with Crippen LogP contribution in [-0.4, -0.2) is 34.6 Å². The van der Waals surface area contributed by atoms with E-state index in [1.165, 1.54) is 6.07 Å². The summed E-state index contributed by atoms with van der Waals surface area (Å²) < 4.78 is 5.24. The summed E-state index contributed by atoms with van der Waals surface area (Å²) in [5, 5.41) is 11.8. The molecule has 1 aromatic heterocycles. The van der Waals surface area contributed by atoms with Crippen LogP contribution in [0, 0.1) is 12.8 Å². The van der Waals surface area contributed by atoms with E-state index in [4.69, 9.17) is 9.84 Å². The Bertz CT molecular complexity index is 500. The van der Waals surface area contributed by atoms with Crippen LogP contribution in [0.2, 0.25) is 0 Å². The fraction of sp³-hybridized carbons (Fsp3) is 0.500. The van der Waals surface area contributed by atoms with Crippen LogP contribution in [0.5, 0.6) is 5.75 Å². The highest BCUT2D eigenvalue weighted by Gasteiger charge is 2.16. The van der Waals surface area contributed by atoms with Gasteiger partial charge in [0.25, 0.3) is 5.91 Å². The van der Waals surface area contributed by atoms with Crippen molar-refractivity contribution in [2.75, 3.05) is 6.61 Å². The molecular weight excluding hydrogens is 260 g/mol. The number of carboxylic acids is 1. The summed E-state index contributed by atoms with van der Waals surface area (Å²) in [6.07, 6.45) is 0. The van der Waals surface area contributed by atoms with Gasteiger partial charge >= 0.3 is 5.97 Å². The van der Waals surface area contributed by atoms with Gasteiger partial charge in [0.05, 0.1) is 0 Å². The van der Waals surface area contributed by atoms with Gasteiger partial charge in [0.15, 0.2) is 18.1 Å². The van der Waals surface area contributed by atoms with Crippen LogP contribution in [0.15, 0.2) is 12.1 Å². The van der Waals surface area contributed by atoms with Crippen LogP contribution in [0.25, 0.3) is 0 Å². The Balaban J connectivity index is 2.66. The molecule has 0 bridgehead atoms. The number of amides is 1. The standard InChI is InChI=1S/C14H20N2O4/c1-8(2)10(4)16-12(17)7-20-11-6-5-9(3)15-13(11)14(18)19/h5-6,8,10H,7H2,1-4H3,(H,16,17)(H,18,19). The predicted molar refractivity (Wildman–Crippen MR) is 73.9 cm³/mol. The first-order valence-corrected chi connectivity index (χ1v) is 6.44. The van der Waals surface area contributed by atoms with Crippen LogP contribution < -0.4 is 10.1 Å². The maximum Gasteiger partial charge on any atom is 0.358 e. The Morgan fingerprint density at radius 3 is 2.55 bits per heavy atom. The van der Waals surface area contributed by atoms with Crippen LogP contribution >= 0.6 is 0 Å². The normalized spacial score (nSPS) is 12.1. The van der Waals surface area contributed by atoms with Gasteiger partial charge in [-0.3, -0.25) is 4.79 Å². The van der Waals surface area contributed by atoms with Crippen molar-refractivity contribution in [2.24, 2.45) is 5.92 Å². The molecule has 6 heteroatoms. The lowest BCUT2D eigenvalue weighted by molar-refractivity contribution is -0.124. The first-order chi connectivity index (χ1) is 9.31. The molecule has 0 spiro atoms. The molecule has 0 aliphatic carbocycles. The van der Waals surface area contributed by atoms with E-state index in [1.807, 2.05) is 20.8 Å². The summed E-state index contributed by atoms with van der Waals surface area (Å²) >= 11 is 0. The van der Waals surface area contributed by atoms with Gasteiger partial charge in [-0.05, 0) is 31.9 Å². The zero-order valence-corrected chi connectivity index (χ0v) is 12.1. The monoisotopic (exact) mass is 280 g/mol. The van der Waals surface area contributed by atoms with Crippen molar-refractivity contribution < 1.29 is 19.4 Å². The van der Waals surface area contributed by atoms with Crippen LogP contribution in [-0.2, 0) is 4.79 Å². The molecule has 0 aliphatic heterocycles. The van der Waals surface area contributed by atoms with E-state index in [0.29, 0.717) is 11.6 Å². The maximum atomic E-state index is 11.7. The van der Waals surface area contributed by atoms with E-state index < -0.39 is 5.97 Å². The topological polar surface area (TPSA) is 88.5 Å². The number of pyridine rings is 1. The second-order valence-corrected chi connectivity index (χ2v) is 4.99. The van der Waals surface area contributed by atoms with Gasteiger partial charge in [0.1, 0.15) is 0 Å². The summed E-state index contributed by atoms with van der Waals surface area (Å²) in [7, 11) is 0. The molecule has 0 aromatic carbocycles. The summed E-state index contributed by atoms with van der Waals surface area (Å²) in [6, 6.07) is 3.17. The molecule has 6 nitrogen and oxygen atoms in total. The molecule has 1 atom stereocenters. The molecule has 1 rings (SSSR count). The lowest BCUT2D eigenvalue weighted by atomic mass is 10.1. The molecule has 0 fully saturated rings. The number of hydrogen-bond donors (Lipinski definition) is 2. The van der Waals surface area contributed by atoms with Gasteiger partial charge in [-0.2, -0.15) is 0 Å². The molecule has 1 aromatic rings. The van der Waals surface area contributed by atoms with Crippen molar-refractivity contribution in [3.8, 4) is 5.75 Å². The minimum absolute atomic E-state index is 0.0289. The number of aromatic carboxylic acids is 1. The van der Waals surface area contributed by atoms with E-state index in [1.54, 1.807) is 13.0 Å². The van der Waals surface area contributed by atoms with Crippen molar-refractivity contribution in [1.29, 1.82) is 0 Å². The van der Waals surface area contributed by atoms with Crippen LogP contribution in [0.3, 0.4) is 0 Å². The highest BCUT2D eigenvalue weighted by Crippen LogP contribution is 2.16. The van der Waals surface area contributed by atoms with E-state index in [-0.39, 0.29) is 30.0 Å². The Kier molecular flexibility index (Phi) is 5.49. The molecule has 2 N–H and O–H groups in total. The van der Waals surface area contributed by atoms with Gasteiger partial charge in [-0.25, -0.2) is 9.78 Å². The Labute approximate surface area is 118 Å². The van der Waals surface area contributed by atoms with E-state index in [2.05, 4.69) is 10.3 Å². The molecule has 1 heterocycles. The molecule has 1 amide bonds. The van der Waals surface area contributed by atoms with Gasteiger partial charge in [-0.15, -0.1) is 0 Å². The molecule has 0 aliphatic rings. The number of rotatable bonds is 6. The fourth-order valence-electron chi connectivity index (χ4n) is 1.42. The Morgan fingerprint density at radius 1 is 1.35 bits per heavy atom. The van der Waals surface area contributed by atoms with E-state index in [0.717, 1.165) is 0 Å². The summed E-state index contributed by atoms with van der Waals surface area (Å²) in [5.74, 6) is -1.06. The smallest absolute Gasteiger partial charge is 0.358 e. The third kappa shape index (κ3) is 4.53. The zero-order chi connectivity index (χ0) is 15.3. The summed E-state index contributed by atoms with van der Waals surface area (Å²) in [4.78, 5) is 26.6. The van der Waals surface area contributed by atoms with E-state index in [9.17, 15) is 9.59 Å². The minimum atomic E-state index is -1.18. The summed E-state index contributed by atoms with van der Waals surface area (Å²) in [5.41, 5.74) is 0.391. The van der Waals surface area contributed by atoms with Gasteiger partial charge in [-0.1, -0.05) is 13.8 Å². The van der Waals surface area contributed by atoms with Crippen molar-refractivity contribution in [3.05, 3.63) is 23.5 Å². The minimum Gasteiger partial charge on any atom is -0.481 e. The molecule has 1 unspecified atom stereocenters. The van der Waals surface area contributed by atoms with Gasteiger partial charge in [0, 0.05) is 11.7 Å². The Hall–Kier alpha value is -2.11. The Morgan fingerprint density at radius 2 is 2.00 bits per heavy atom. The quantitative estimate of drug-likeness (QED) is 0.826. The van der Waals surface area contributed by atoms with E-state index >= 15 is 0 Å². The number of carboxylic acid groups (broad SMARTS) is 1. The number of ether oxygens (including phenoxy) is 1. The maximum absolute atomic E-state index is 11.7. The molecule has 0 saturated heterocycles. The molecule has 20 heavy (non-hydrogen) atoms. The number of aryl methyl sites for hydroxylation is 1. The third-order valence-corrected chi connectivity index (χ3v) is 2.95. The number of carbonyl (C=O) groups is 2. The van der Waals surface area contributed by atoms with Crippen LogP contribution in [0.1, 0.15) is 37.0 Å². The molecule has 0 saturated carbocycles. The van der Waals surface area contributed by atoms with Crippen molar-refractivity contribution in [2.45, 2.75) is 33.7 Å². The molecule has 0 radical (unpaired) electrons. The van der Waals surface area contributed by atoms with Crippen molar-refractivity contribution in [1.82, 2.24) is 10.3 Å². The van der Waals surface area contributed by atoms with Crippen molar-refractivity contribution >= 4 is 11.9 Å². The average Bonchev–Trinajstić information content (AvgIpc) is 2.36.